The maximum Gasteiger partial charge on any atom is 0.276 e. The van der Waals surface area contributed by atoms with Gasteiger partial charge in [-0.15, -0.1) is 0 Å². The van der Waals surface area contributed by atoms with Gasteiger partial charge in [-0.1, -0.05) is 43.9 Å². The highest BCUT2D eigenvalue weighted by molar-refractivity contribution is 6.06. The van der Waals surface area contributed by atoms with E-state index in [1.165, 1.54) is 10.7 Å². The SMILES string of the molecule is CCCCN1C(=O)c2cc(C(=O)Nc3ccc(C)cc3)nn2CC1(C)C(=O)NC1CCCC1. The van der Waals surface area contributed by atoms with Crippen LogP contribution in [0.4, 0.5) is 5.69 Å². The van der Waals surface area contributed by atoms with Crippen LogP contribution in [0.5, 0.6) is 0 Å². The highest BCUT2D eigenvalue weighted by atomic mass is 16.2. The molecule has 4 rings (SSSR count). The van der Waals surface area contributed by atoms with Gasteiger partial charge in [-0.3, -0.25) is 19.1 Å². The fraction of sp³-hybridized carbons (Fsp3) is 0.520. The number of aromatic nitrogens is 2. The zero-order chi connectivity index (χ0) is 23.6. The number of nitrogens with one attached hydrogen (secondary N) is 2. The highest BCUT2D eigenvalue weighted by Gasteiger charge is 2.48. The number of carbonyl (C=O) groups excluding carboxylic acids is 3. The number of benzene rings is 1. The molecule has 33 heavy (non-hydrogen) atoms. The lowest BCUT2D eigenvalue weighted by Crippen LogP contribution is -2.65. The maximum atomic E-state index is 13.5. The van der Waals surface area contributed by atoms with Crippen molar-refractivity contribution in [1.82, 2.24) is 20.0 Å². The third kappa shape index (κ3) is 4.65. The monoisotopic (exact) mass is 451 g/mol. The smallest absolute Gasteiger partial charge is 0.276 e. The van der Waals surface area contributed by atoms with Crippen LogP contribution < -0.4 is 10.6 Å². The molecule has 2 aromatic rings. The van der Waals surface area contributed by atoms with Crippen molar-refractivity contribution in [3.63, 3.8) is 0 Å². The Hall–Kier alpha value is -3.16. The van der Waals surface area contributed by atoms with Gasteiger partial charge in [-0.05, 0) is 45.2 Å². The Morgan fingerprint density at radius 2 is 1.88 bits per heavy atom. The molecule has 1 fully saturated rings. The summed E-state index contributed by atoms with van der Waals surface area (Å²) in [5.41, 5.74) is 1.20. The summed E-state index contributed by atoms with van der Waals surface area (Å²) in [7, 11) is 0. The molecule has 8 nitrogen and oxygen atoms in total. The molecule has 1 aromatic carbocycles. The molecule has 0 radical (unpaired) electrons. The van der Waals surface area contributed by atoms with E-state index >= 15 is 0 Å². The van der Waals surface area contributed by atoms with E-state index < -0.39 is 5.54 Å². The predicted molar refractivity (Wildman–Crippen MR) is 126 cm³/mol. The summed E-state index contributed by atoms with van der Waals surface area (Å²) in [6.07, 6.45) is 5.88. The second kappa shape index (κ2) is 9.37. The summed E-state index contributed by atoms with van der Waals surface area (Å²) in [6, 6.07) is 9.16. The molecule has 0 spiro atoms. The largest absolute Gasteiger partial charge is 0.351 e. The van der Waals surface area contributed by atoms with E-state index in [0.717, 1.165) is 44.1 Å². The quantitative estimate of drug-likeness (QED) is 0.673. The molecule has 3 amide bonds. The van der Waals surface area contributed by atoms with Gasteiger partial charge in [0, 0.05) is 24.3 Å². The topological polar surface area (TPSA) is 96.3 Å². The standard InChI is InChI=1S/C25H33N5O3/c1-4-5-14-29-23(32)21-15-20(22(31)26-19-12-10-17(2)11-13-19)28-30(21)16-25(29,3)24(33)27-18-8-6-7-9-18/h10-13,15,18H,4-9,14,16H2,1-3H3,(H,26,31)(H,27,33). The molecular weight excluding hydrogens is 418 g/mol. The number of fused-ring (bicyclic) bond motifs is 1. The molecule has 176 valence electrons. The van der Waals surface area contributed by atoms with E-state index in [4.69, 9.17) is 0 Å². The minimum Gasteiger partial charge on any atom is -0.351 e. The first kappa shape index (κ1) is 23.0. The van der Waals surface area contributed by atoms with Gasteiger partial charge in [-0.25, -0.2) is 0 Å². The second-order valence-electron chi connectivity index (χ2n) is 9.43. The van der Waals surface area contributed by atoms with Gasteiger partial charge in [0.2, 0.25) is 5.91 Å². The van der Waals surface area contributed by atoms with Crippen molar-refractivity contribution < 1.29 is 14.4 Å². The maximum absolute atomic E-state index is 13.5. The van der Waals surface area contributed by atoms with E-state index in [-0.39, 0.29) is 36.0 Å². The molecule has 2 aliphatic rings. The first-order chi connectivity index (χ1) is 15.8. The number of unbranched alkanes of at least 4 members (excludes halogenated alkanes) is 1. The highest BCUT2D eigenvalue weighted by Crippen LogP contribution is 2.29. The molecular formula is C25H33N5O3. The van der Waals surface area contributed by atoms with Gasteiger partial charge in [0.05, 0.1) is 6.54 Å². The van der Waals surface area contributed by atoms with Crippen LogP contribution in [0.1, 0.15) is 78.9 Å². The molecule has 0 bridgehead atoms. The predicted octanol–water partition coefficient (Wildman–Crippen LogP) is 3.52. The minimum absolute atomic E-state index is 0.148. The lowest BCUT2D eigenvalue weighted by molar-refractivity contribution is -0.133. The Labute approximate surface area is 194 Å². The van der Waals surface area contributed by atoms with Crippen LogP contribution in [0.15, 0.2) is 30.3 Å². The van der Waals surface area contributed by atoms with E-state index in [2.05, 4.69) is 22.7 Å². The zero-order valence-corrected chi connectivity index (χ0v) is 19.7. The number of amides is 3. The molecule has 2 heterocycles. The number of rotatable bonds is 7. The van der Waals surface area contributed by atoms with E-state index in [0.29, 0.717) is 17.9 Å². The van der Waals surface area contributed by atoms with Gasteiger partial charge in [-0.2, -0.15) is 5.10 Å². The fourth-order valence-corrected chi connectivity index (χ4v) is 4.66. The van der Waals surface area contributed by atoms with E-state index in [1.807, 2.05) is 38.1 Å². The number of hydrogen-bond acceptors (Lipinski definition) is 4. The molecule has 1 aromatic heterocycles. The van der Waals surface area contributed by atoms with Crippen molar-refractivity contribution in [2.45, 2.75) is 77.4 Å². The minimum atomic E-state index is -1.06. The molecule has 1 aliphatic carbocycles. The average molecular weight is 452 g/mol. The first-order valence-electron chi connectivity index (χ1n) is 11.9. The summed E-state index contributed by atoms with van der Waals surface area (Å²) >= 11 is 0. The van der Waals surface area contributed by atoms with Crippen molar-refractivity contribution in [3.8, 4) is 0 Å². The van der Waals surface area contributed by atoms with Crippen LogP contribution in [-0.2, 0) is 11.3 Å². The molecule has 1 atom stereocenters. The molecule has 2 N–H and O–H groups in total. The lowest BCUT2D eigenvalue weighted by atomic mass is 9.94. The third-order valence-corrected chi connectivity index (χ3v) is 6.75. The average Bonchev–Trinajstić information content (AvgIpc) is 3.45. The van der Waals surface area contributed by atoms with Crippen molar-refractivity contribution in [2.75, 3.05) is 11.9 Å². The van der Waals surface area contributed by atoms with Crippen LogP contribution >= 0.6 is 0 Å². The van der Waals surface area contributed by atoms with Crippen LogP contribution in [0.25, 0.3) is 0 Å². The van der Waals surface area contributed by atoms with E-state index in [9.17, 15) is 14.4 Å². The lowest BCUT2D eigenvalue weighted by Gasteiger charge is -2.43. The molecule has 8 heteroatoms. The second-order valence-corrected chi connectivity index (χ2v) is 9.43. The Bertz CT molecular complexity index is 1040. The molecule has 1 saturated carbocycles. The summed E-state index contributed by atoms with van der Waals surface area (Å²) in [4.78, 5) is 41.3. The third-order valence-electron chi connectivity index (χ3n) is 6.75. The van der Waals surface area contributed by atoms with E-state index in [1.54, 1.807) is 4.90 Å². The van der Waals surface area contributed by atoms with Crippen molar-refractivity contribution in [1.29, 1.82) is 0 Å². The molecule has 1 unspecified atom stereocenters. The van der Waals surface area contributed by atoms with Gasteiger partial charge >= 0.3 is 0 Å². The number of carbonyl (C=O) groups is 3. The van der Waals surface area contributed by atoms with Crippen molar-refractivity contribution in [3.05, 3.63) is 47.3 Å². The summed E-state index contributed by atoms with van der Waals surface area (Å²) in [6.45, 7) is 6.54. The summed E-state index contributed by atoms with van der Waals surface area (Å²) in [5, 5.41) is 10.4. The Kier molecular flexibility index (Phi) is 6.54. The number of aryl methyl sites for hydroxylation is 1. The van der Waals surface area contributed by atoms with Crippen molar-refractivity contribution >= 4 is 23.4 Å². The Morgan fingerprint density at radius 3 is 2.55 bits per heavy atom. The normalized spacial score (nSPS) is 20.6. The van der Waals surface area contributed by atoms with Gasteiger partial charge in [0.15, 0.2) is 5.69 Å². The van der Waals surface area contributed by atoms with Crippen LogP contribution in [0.2, 0.25) is 0 Å². The zero-order valence-electron chi connectivity index (χ0n) is 19.7. The van der Waals surface area contributed by atoms with Crippen molar-refractivity contribution in [2.24, 2.45) is 0 Å². The molecule has 0 saturated heterocycles. The van der Waals surface area contributed by atoms with Gasteiger partial charge < -0.3 is 15.5 Å². The number of nitrogens with zero attached hydrogens (tertiary/aromatic N) is 3. The Morgan fingerprint density at radius 1 is 1.18 bits per heavy atom. The number of hydrogen-bond donors (Lipinski definition) is 2. The summed E-state index contributed by atoms with van der Waals surface area (Å²) < 4.78 is 1.52. The molecule has 1 aliphatic heterocycles. The van der Waals surface area contributed by atoms with Gasteiger partial charge in [0.25, 0.3) is 11.8 Å². The fourth-order valence-electron chi connectivity index (χ4n) is 4.66. The summed E-state index contributed by atoms with van der Waals surface area (Å²) in [5.74, 6) is -0.794. The first-order valence-corrected chi connectivity index (χ1v) is 11.9. The van der Waals surface area contributed by atoms with Crippen LogP contribution in [0, 0.1) is 6.92 Å². The number of anilines is 1. The van der Waals surface area contributed by atoms with Crippen LogP contribution in [0.3, 0.4) is 0 Å². The Balaban J connectivity index is 1.59. The van der Waals surface area contributed by atoms with Gasteiger partial charge in [0.1, 0.15) is 11.2 Å². The van der Waals surface area contributed by atoms with Crippen LogP contribution in [-0.4, -0.2) is 50.5 Å².